The van der Waals surface area contributed by atoms with Crippen LogP contribution >= 0.6 is 0 Å². The molecule has 0 unspecified atom stereocenters. The molecule has 0 bridgehead atoms. The van der Waals surface area contributed by atoms with Crippen LogP contribution in [-0.2, 0) is 9.59 Å². The van der Waals surface area contributed by atoms with Crippen molar-refractivity contribution in [3.8, 4) is 11.5 Å². The first-order valence-electron chi connectivity index (χ1n) is 9.85. The van der Waals surface area contributed by atoms with E-state index in [1.54, 1.807) is 26.3 Å². The monoisotopic (exact) mass is 410 g/mol. The number of aryl methyl sites for hydroxylation is 1. The maximum atomic E-state index is 12.4. The summed E-state index contributed by atoms with van der Waals surface area (Å²) in [7, 11) is 3.17. The van der Waals surface area contributed by atoms with Crippen LogP contribution in [0.3, 0.4) is 0 Å². The highest BCUT2D eigenvalue weighted by Crippen LogP contribution is 2.29. The molecule has 6 nitrogen and oxygen atoms in total. The second-order valence-electron chi connectivity index (χ2n) is 7.40. The van der Waals surface area contributed by atoms with Crippen molar-refractivity contribution < 1.29 is 19.1 Å². The third-order valence-electron chi connectivity index (χ3n) is 4.60. The molecule has 0 aromatic heterocycles. The van der Waals surface area contributed by atoms with Crippen molar-refractivity contribution in [2.75, 3.05) is 26.0 Å². The Morgan fingerprint density at radius 2 is 1.87 bits per heavy atom. The Kier molecular flexibility index (Phi) is 8.04. The van der Waals surface area contributed by atoms with Crippen molar-refractivity contribution >= 4 is 23.6 Å². The highest BCUT2D eigenvalue weighted by Gasteiger charge is 2.12. The average Bonchev–Trinajstić information content (AvgIpc) is 2.69. The minimum atomic E-state index is -0.271. The van der Waals surface area contributed by atoms with Crippen molar-refractivity contribution in [2.24, 2.45) is 0 Å². The Labute approximate surface area is 178 Å². The number of likely N-dealkylation sites (N-methyl/N-ethyl adjacent to an activating group) is 1. The quantitative estimate of drug-likeness (QED) is 0.662. The van der Waals surface area contributed by atoms with Gasteiger partial charge in [0.2, 0.25) is 11.8 Å². The van der Waals surface area contributed by atoms with Gasteiger partial charge in [-0.15, -0.1) is 0 Å². The van der Waals surface area contributed by atoms with Gasteiger partial charge in [-0.2, -0.15) is 0 Å². The van der Waals surface area contributed by atoms with E-state index in [0.29, 0.717) is 11.5 Å². The predicted octanol–water partition coefficient (Wildman–Crippen LogP) is 4.21. The number of anilines is 1. The first-order chi connectivity index (χ1) is 14.2. The Morgan fingerprint density at radius 1 is 1.13 bits per heavy atom. The van der Waals surface area contributed by atoms with E-state index in [4.69, 9.17) is 9.47 Å². The molecule has 0 aliphatic heterocycles. The molecule has 0 atom stereocenters. The molecule has 2 amide bonds. The first-order valence-corrected chi connectivity index (χ1v) is 9.85. The average molecular weight is 411 g/mol. The molecule has 2 rings (SSSR count). The zero-order chi connectivity index (χ0) is 22.3. The fraction of sp³-hybridized carbons (Fsp3) is 0.333. The summed E-state index contributed by atoms with van der Waals surface area (Å²) in [5.41, 5.74) is 3.66. The lowest BCUT2D eigenvalue weighted by atomic mass is 10.1. The number of amides is 2. The van der Waals surface area contributed by atoms with E-state index >= 15 is 0 Å². The standard InChI is InChI=1S/C24H30N2O4/c1-16(2)30-21-12-10-19(14-22(21)29-6)11-13-24(28)26(5)15-23(27)25-20-9-7-8-17(3)18(20)4/h7-14,16H,15H2,1-6H3,(H,25,27). The molecule has 30 heavy (non-hydrogen) atoms. The van der Waals surface area contributed by atoms with Gasteiger partial charge in [0, 0.05) is 18.8 Å². The molecule has 0 fully saturated rings. The number of benzene rings is 2. The molecule has 0 heterocycles. The maximum Gasteiger partial charge on any atom is 0.246 e. The predicted molar refractivity (Wildman–Crippen MR) is 120 cm³/mol. The van der Waals surface area contributed by atoms with Crippen LogP contribution < -0.4 is 14.8 Å². The summed E-state index contributed by atoms with van der Waals surface area (Å²) >= 11 is 0. The molecule has 0 saturated carbocycles. The number of nitrogens with zero attached hydrogens (tertiary/aromatic N) is 1. The van der Waals surface area contributed by atoms with Crippen LogP contribution in [0.25, 0.3) is 6.08 Å². The summed E-state index contributed by atoms with van der Waals surface area (Å²) in [5.74, 6) is 0.730. The Bertz CT molecular complexity index is 935. The maximum absolute atomic E-state index is 12.4. The molecular weight excluding hydrogens is 380 g/mol. The van der Waals surface area contributed by atoms with Gasteiger partial charge in [0.05, 0.1) is 19.8 Å². The molecule has 2 aromatic carbocycles. The van der Waals surface area contributed by atoms with Crippen LogP contribution in [0.5, 0.6) is 11.5 Å². The van der Waals surface area contributed by atoms with Gasteiger partial charge in [0.1, 0.15) is 0 Å². The van der Waals surface area contributed by atoms with Gasteiger partial charge < -0.3 is 19.7 Å². The van der Waals surface area contributed by atoms with E-state index in [9.17, 15) is 9.59 Å². The second kappa shape index (κ2) is 10.5. The Hall–Kier alpha value is -3.28. The topological polar surface area (TPSA) is 67.9 Å². The van der Waals surface area contributed by atoms with Crippen LogP contribution in [0.4, 0.5) is 5.69 Å². The number of carbonyl (C=O) groups is 2. The van der Waals surface area contributed by atoms with Crippen LogP contribution in [0.15, 0.2) is 42.5 Å². The Morgan fingerprint density at radius 3 is 2.53 bits per heavy atom. The van der Waals surface area contributed by atoms with Crippen molar-refractivity contribution in [2.45, 2.75) is 33.8 Å². The summed E-state index contributed by atoms with van der Waals surface area (Å²) in [6.07, 6.45) is 3.15. The zero-order valence-electron chi connectivity index (χ0n) is 18.5. The lowest BCUT2D eigenvalue weighted by molar-refractivity contribution is -0.129. The number of carbonyl (C=O) groups excluding carboxylic acids is 2. The molecule has 0 radical (unpaired) electrons. The number of hydrogen-bond donors (Lipinski definition) is 1. The molecule has 2 aromatic rings. The molecular formula is C24H30N2O4. The molecule has 0 aliphatic carbocycles. The second-order valence-corrected chi connectivity index (χ2v) is 7.40. The zero-order valence-corrected chi connectivity index (χ0v) is 18.5. The van der Waals surface area contributed by atoms with Crippen LogP contribution in [0, 0.1) is 13.8 Å². The molecule has 0 spiro atoms. The molecule has 0 aliphatic rings. The highest BCUT2D eigenvalue weighted by molar-refractivity contribution is 5.98. The third-order valence-corrected chi connectivity index (χ3v) is 4.60. The fourth-order valence-corrected chi connectivity index (χ4v) is 2.80. The molecule has 160 valence electrons. The minimum Gasteiger partial charge on any atom is -0.493 e. The van der Waals surface area contributed by atoms with Gasteiger partial charge in [0.15, 0.2) is 11.5 Å². The summed E-state index contributed by atoms with van der Waals surface area (Å²) in [6, 6.07) is 11.2. The lowest BCUT2D eigenvalue weighted by Crippen LogP contribution is -2.34. The number of methoxy groups -OCH3 is 1. The van der Waals surface area contributed by atoms with E-state index in [1.807, 2.05) is 58.0 Å². The molecule has 1 N–H and O–H groups in total. The fourth-order valence-electron chi connectivity index (χ4n) is 2.80. The highest BCUT2D eigenvalue weighted by atomic mass is 16.5. The Balaban J connectivity index is 1.98. The third kappa shape index (κ3) is 6.37. The van der Waals surface area contributed by atoms with Crippen LogP contribution in [-0.4, -0.2) is 43.5 Å². The summed E-state index contributed by atoms with van der Waals surface area (Å²) in [4.78, 5) is 26.1. The number of rotatable bonds is 8. The van der Waals surface area contributed by atoms with Gasteiger partial charge in [-0.25, -0.2) is 0 Å². The van der Waals surface area contributed by atoms with E-state index in [-0.39, 0.29) is 24.5 Å². The first kappa shape index (κ1) is 23.0. The van der Waals surface area contributed by atoms with Crippen molar-refractivity contribution in [1.29, 1.82) is 0 Å². The van der Waals surface area contributed by atoms with E-state index in [1.165, 1.54) is 11.0 Å². The minimum absolute atomic E-state index is 0.0326. The van der Waals surface area contributed by atoms with Crippen molar-refractivity contribution in [3.63, 3.8) is 0 Å². The van der Waals surface area contributed by atoms with Gasteiger partial charge in [-0.3, -0.25) is 9.59 Å². The van der Waals surface area contributed by atoms with Crippen LogP contribution in [0.2, 0.25) is 0 Å². The normalized spacial score (nSPS) is 10.9. The van der Waals surface area contributed by atoms with E-state index in [0.717, 1.165) is 22.4 Å². The van der Waals surface area contributed by atoms with Gasteiger partial charge in [-0.1, -0.05) is 18.2 Å². The smallest absolute Gasteiger partial charge is 0.246 e. The summed E-state index contributed by atoms with van der Waals surface area (Å²) < 4.78 is 11.1. The molecule has 0 saturated heterocycles. The van der Waals surface area contributed by atoms with Crippen molar-refractivity contribution in [1.82, 2.24) is 4.90 Å². The summed E-state index contributed by atoms with van der Waals surface area (Å²) in [6.45, 7) is 7.79. The van der Waals surface area contributed by atoms with Gasteiger partial charge in [0.25, 0.3) is 0 Å². The van der Waals surface area contributed by atoms with E-state index < -0.39 is 0 Å². The lowest BCUT2D eigenvalue weighted by Gasteiger charge is -2.16. The number of hydrogen-bond acceptors (Lipinski definition) is 4. The number of ether oxygens (including phenoxy) is 2. The molecule has 6 heteroatoms. The number of nitrogens with one attached hydrogen (secondary N) is 1. The van der Waals surface area contributed by atoms with E-state index in [2.05, 4.69) is 5.32 Å². The van der Waals surface area contributed by atoms with Gasteiger partial charge >= 0.3 is 0 Å². The van der Waals surface area contributed by atoms with Gasteiger partial charge in [-0.05, 0) is 68.7 Å². The van der Waals surface area contributed by atoms with Crippen LogP contribution in [0.1, 0.15) is 30.5 Å². The SMILES string of the molecule is COc1cc(C=CC(=O)N(C)CC(=O)Nc2cccc(C)c2C)ccc1OC(C)C. The summed E-state index contributed by atoms with van der Waals surface area (Å²) in [5, 5.41) is 2.86. The largest absolute Gasteiger partial charge is 0.493 e. The van der Waals surface area contributed by atoms with Crippen molar-refractivity contribution in [3.05, 3.63) is 59.2 Å².